The summed E-state index contributed by atoms with van der Waals surface area (Å²) < 4.78 is 0. The van der Waals surface area contributed by atoms with E-state index in [0.717, 1.165) is 13.1 Å². The van der Waals surface area contributed by atoms with Gasteiger partial charge in [-0.15, -0.1) is 0 Å². The summed E-state index contributed by atoms with van der Waals surface area (Å²) >= 11 is 0. The van der Waals surface area contributed by atoms with Crippen molar-refractivity contribution in [2.75, 3.05) is 32.7 Å². The third-order valence-electron chi connectivity index (χ3n) is 3.53. The molecular weight excluding hydrogens is 196 g/mol. The fourth-order valence-corrected chi connectivity index (χ4v) is 2.45. The summed E-state index contributed by atoms with van der Waals surface area (Å²) in [5.74, 6) is 0. The molecule has 0 saturated carbocycles. The molecule has 1 N–H and O–H groups in total. The van der Waals surface area contributed by atoms with Gasteiger partial charge in [-0.1, -0.05) is 18.2 Å². The molecule has 1 aliphatic heterocycles. The molecule has 0 unspecified atom stereocenters. The molecule has 1 saturated heterocycles. The van der Waals surface area contributed by atoms with Crippen molar-refractivity contribution in [2.24, 2.45) is 0 Å². The third kappa shape index (κ3) is 2.83. The smallest absolute Gasteiger partial charge is 0.0108 e. The van der Waals surface area contributed by atoms with Crippen molar-refractivity contribution >= 4 is 0 Å². The van der Waals surface area contributed by atoms with Gasteiger partial charge < -0.3 is 10.2 Å². The second-order valence-electron chi connectivity index (χ2n) is 4.71. The number of benzene rings is 1. The molecule has 2 heteroatoms. The van der Waals surface area contributed by atoms with Crippen LogP contribution in [0.3, 0.4) is 0 Å². The van der Waals surface area contributed by atoms with E-state index < -0.39 is 0 Å². The Morgan fingerprint density at radius 3 is 2.38 bits per heavy atom. The summed E-state index contributed by atoms with van der Waals surface area (Å²) in [7, 11) is 0. The number of nitrogens with one attached hydrogen (secondary N) is 1. The molecule has 0 aromatic heterocycles. The quantitative estimate of drug-likeness (QED) is 0.831. The average molecular weight is 218 g/mol. The van der Waals surface area contributed by atoms with Crippen molar-refractivity contribution in [3.63, 3.8) is 0 Å². The van der Waals surface area contributed by atoms with Gasteiger partial charge in [0.15, 0.2) is 0 Å². The lowest BCUT2D eigenvalue weighted by atomic mass is 10.00. The molecule has 1 aliphatic rings. The lowest BCUT2D eigenvalue weighted by Crippen LogP contribution is -2.44. The predicted molar refractivity (Wildman–Crippen MR) is 68.9 cm³/mol. The number of piperazine rings is 1. The monoisotopic (exact) mass is 218 g/mol. The van der Waals surface area contributed by atoms with Gasteiger partial charge in [-0.05, 0) is 37.0 Å². The highest BCUT2D eigenvalue weighted by Crippen LogP contribution is 2.14. The molecule has 1 heterocycles. The molecule has 0 radical (unpaired) electrons. The highest BCUT2D eigenvalue weighted by Gasteiger charge is 2.10. The molecule has 0 aliphatic carbocycles. The zero-order chi connectivity index (χ0) is 11.4. The molecule has 2 nitrogen and oxygen atoms in total. The van der Waals surface area contributed by atoms with Gasteiger partial charge in [0.25, 0.3) is 0 Å². The van der Waals surface area contributed by atoms with Crippen molar-refractivity contribution in [3.05, 3.63) is 34.9 Å². The zero-order valence-electron chi connectivity index (χ0n) is 10.4. The minimum Gasteiger partial charge on any atom is -0.314 e. The largest absolute Gasteiger partial charge is 0.314 e. The van der Waals surface area contributed by atoms with Crippen molar-refractivity contribution in [1.29, 1.82) is 0 Å². The van der Waals surface area contributed by atoms with Crippen molar-refractivity contribution in [1.82, 2.24) is 10.2 Å². The van der Waals surface area contributed by atoms with Gasteiger partial charge in [0.05, 0.1) is 0 Å². The van der Waals surface area contributed by atoms with E-state index in [1.165, 1.54) is 37.2 Å². The maximum atomic E-state index is 3.39. The number of aryl methyl sites for hydroxylation is 2. The Morgan fingerprint density at radius 2 is 1.75 bits per heavy atom. The molecular formula is C14H22N2. The van der Waals surface area contributed by atoms with Crippen LogP contribution in [-0.4, -0.2) is 37.6 Å². The molecule has 2 rings (SSSR count). The molecule has 1 aromatic carbocycles. The maximum absolute atomic E-state index is 3.39. The second kappa shape index (κ2) is 5.46. The fraction of sp³-hybridized carbons (Fsp3) is 0.571. The number of hydrogen-bond acceptors (Lipinski definition) is 2. The van der Waals surface area contributed by atoms with Crippen LogP contribution in [0.1, 0.15) is 16.7 Å². The van der Waals surface area contributed by atoms with Crippen LogP contribution in [0.4, 0.5) is 0 Å². The van der Waals surface area contributed by atoms with E-state index in [0.29, 0.717) is 0 Å². The predicted octanol–water partition coefficient (Wildman–Crippen LogP) is 1.75. The molecule has 16 heavy (non-hydrogen) atoms. The van der Waals surface area contributed by atoms with Crippen LogP contribution >= 0.6 is 0 Å². The van der Waals surface area contributed by atoms with E-state index in [-0.39, 0.29) is 0 Å². The first-order valence-corrected chi connectivity index (χ1v) is 6.25. The SMILES string of the molecule is Cc1cccc(C)c1CCN1CCNCC1. The van der Waals surface area contributed by atoms with Crippen LogP contribution in [0.5, 0.6) is 0 Å². The van der Waals surface area contributed by atoms with Gasteiger partial charge in [0.2, 0.25) is 0 Å². The standard InChI is InChI=1S/C14H22N2/c1-12-4-3-5-13(2)14(12)6-9-16-10-7-15-8-11-16/h3-5,15H,6-11H2,1-2H3. The Kier molecular flexibility index (Phi) is 3.97. The van der Waals surface area contributed by atoms with E-state index in [2.05, 4.69) is 42.3 Å². The van der Waals surface area contributed by atoms with Gasteiger partial charge in [-0.2, -0.15) is 0 Å². The van der Waals surface area contributed by atoms with Gasteiger partial charge in [-0.25, -0.2) is 0 Å². The fourth-order valence-electron chi connectivity index (χ4n) is 2.45. The van der Waals surface area contributed by atoms with Gasteiger partial charge in [-0.3, -0.25) is 0 Å². The summed E-state index contributed by atoms with van der Waals surface area (Å²) in [5, 5.41) is 3.39. The van der Waals surface area contributed by atoms with Crippen molar-refractivity contribution in [2.45, 2.75) is 20.3 Å². The zero-order valence-corrected chi connectivity index (χ0v) is 10.4. The third-order valence-corrected chi connectivity index (χ3v) is 3.53. The lowest BCUT2D eigenvalue weighted by Gasteiger charge is -2.27. The van der Waals surface area contributed by atoms with E-state index in [9.17, 15) is 0 Å². The topological polar surface area (TPSA) is 15.3 Å². The highest BCUT2D eigenvalue weighted by atomic mass is 15.2. The Bertz CT molecular complexity index is 320. The van der Waals surface area contributed by atoms with Crippen LogP contribution in [0.15, 0.2) is 18.2 Å². The van der Waals surface area contributed by atoms with Crippen LogP contribution in [0, 0.1) is 13.8 Å². The van der Waals surface area contributed by atoms with Crippen LogP contribution in [-0.2, 0) is 6.42 Å². The molecule has 0 amide bonds. The number of hydrogen-bond donors (Lipinski definition) is 1. The first kappa shape index (κ1) is 11.6. The highest BCUT2D eigenvalue weighted by molar-refractivity contribution is 5.33. The van der Waals surface area contributed by atoms with Crippen LogP contribution < -0.4 is 5.32 Å². The Morgan fingerprint density at radius 1 is 1.12 bits per heavy atom. The first-order chi connectivity index (χ1) is 7.77. The minimum atomic E-state index is 1.15. The van der Waals surface area contributed by atoms with Gasteiger partial charge in [0.1, 0.15) is 0 Å². The average Bonchev–Trinajstić information content (AvgIpc) is 2.30. The molecule has 0 spiro atoms. The Hall–Kier alpha value is -0.860. The van der Waals surface area contributed by atoms with Gasteiger partial charge >= 0.3 is 0 Å². The maximum Gasteiger partial charge on any atom is 0.0108 e. The number of nitrogens with zero attached hydrogens (tertiary/aromatic N) is 1. The molecule has 1 aromatic rings. The molecule has 0 atom stereocenters. The van der Waals surface area contributed by atoms with E-state index in [4.69, 9.17) is 0 Å². The van der Waals surface area contributed by atoms with Crippen LogP contribution in [0.2, 0.25) is 0 Å². The second-order valence-corrected chi connectivity index (χ2v) is 4.71. The molecule has 0 bridgehead atoms. The first-order valence-electron chi connectivity index (χ1n) is 6.25. The summed E-state index contributed by atoms with van der Waals surface area (Å²) in [5.41, 5.74) is 4.42. The normalized spacial score (nSPS) is 17.6. The summed E-state index contributed by atoms with van der Waals surface area (Å²) in [6, 6.07) is 6.60. The molecule has 1 fully saturated rings. The molecule has 88 valence electrons. The summed E-state index contributed by atoms with van der Waals surface area (Å²) in [4.78, 5) is 2.56. The van der Waals surface area contributed by atoms with E-state index in [1.807, 2.05) is 0 Å². The lowest BCUT2D eigenvalue weighted by molar-refractivity contribution is 0.243. The minimum absolute atomic E-state index is 1.15. The summed E-state index contributed by atoms with van der Waals surface area (Å²) in [6.45, 7) is 10.3. The van der Waals surface area contributed by atoms with Crippen molar-refractivity contribution in [3.8, 4) is 0 Å². The van der Waals surface area contributed by atoms with Gasteiger partial charge in [0, 0.05) is 32.7 Å². The Labute approximate surface area is 98.7 Å². The van der Waals surface area contributed by atoms with E-state index >= 15 is 0 Å². The van der Waals surface area contributed by atoms with E-state index in [1.54, 1.807) is 5.56 Å². The van der Waals surface area contributed by atoms with Crippen LogP contribution in [0.25, 0.3) is 0 Å². The summed E-state index contributed by atoms with van der Waals surface area (Å²) in [6.07, 6.45) is 1.19. The van der Waals surface area contributed by atoms with Crippen molar-refractivity contribution < 1.29 is 0 Å². The Balaban J connectivity index is 1.93. The number of rotatable bonds is 3.